The van der Waals surface area contributed by atoms with E-state index in [9.17, 15) is 4.39 Å². The van der Waals surface area contributed by atoms with Crippen LogP contribution < -0.4 is 11.3 Å². The van der Waals surface area contributed by atoms with Gasteiger partial charge in [-0.05, 0) is 57.8 Å². The van der Waals surface area contributed by atoms with Gasteiger partial charge in [0.25, 0.3) is 0 Å². The standard InChI is InChI=1S/C15H16BrFN2S2/c16-15-9(2-1-3-11(15)17)6-12(19-18)14-7-10-8-20-5-4-13(10)21-14/h1-3,7,12,19H,4-6,8,18H2. The van der Waals surface area contributed by atoms with Crippen LogP contribution in [0.4, 0.5) is 4.39 Å². The van der Waals surface area contributed by atoms with Gasteiger partial charge in [0.2, 0.25) is 0 Å². The molecule has 1 aliphatic rings. The summed E-state index contributed by atoms with van der Waals surface area (Å²) in [6.07, 6.45) is 1.81. The van der Waals surface area contributed by atoms with Gasteiger partial charge in [-0.3, -0.25) is 11.3 Å². The number of benzene rings is 1. The van der Waals surface area contributed by atoms with Crippen LogP contribution >= 0.6 is 39.0 Å². The number of halogens is 2. The Morgan fingerprint density at radius 2 is 2.29 bits per heavy atom. The molecule has 1 unspecified atom stereocenters. The van der Waals surface area contributed by atoms with E-state index in [2.05, 4.69) is 27.4 Å². The predicted molar refractivity (Wildman–Crippen MR) is 92.1 cm³/mol. The molecule has 2 nitrogen and oxygen atoms in total. The molecule has 1 aromatic carbocycles. The smallest absolute Gasteiger partial charge is 0.137 e. The van der Waals surface area contributed by atoms with Crippen molar-refractivity contribution in [3.05, 3.63) is 55.4 Å². The van der Waals surface area contributed by atoms with Gasteiger partial charge in [-0.15, -0.1) is 11.3 Å². The minimum Gasteiger partial charge on any atom is -0.271 e. The molecular weight excluding hydrogens is 371 g/mol. The van der Waals surface area contributed by atoms with Crippen LogP contribution in [-0.4, -0.2) is 5.75 Å². The third kappa shape index (κ3) is 3.35. The summed E-state index contributed by atoms with van der Waals surface area (Å²) in [5.74, 6) is 7.80. The quantitative estimate of drug-likeness (QED) is 0.611. The molecule has 3 N–H and O–H groups in total. The van der Waals surface area contributed by atoms with Gasteiger partial charge in [0.15, 0.2) is 0 Å². The van der Waals surface area contributed by atoms with E-state index >= 15 is 0 Å². The highest BCUT2D eigenvalue weighted by molar-refractivity contribution is 9.10. The van der Waals surface area contributed by atoms with Crippen LogP contribution in [0.25, 0.3) is 0 Å². The second kappa shape index (κ2) is 6.79. The van der Waals surface area contributed by atoms with Crippen LogP contribution in [0, 0.1) is 5.82 Å². The lowest BCUT2D eigenvalue weighted by Crippen LogP contribution is -2.29. The Labute approximate surface area is 140 Å². The lowest BCUT2D eigenvalue weighted by molar-refractivity contribution is 0.554. The van der Waals surface area contributed by atoms with Gasteiger partial charge < -0.3 is 0 Å². The SMILES string of the molecule is NNC(Cc1cccc(F)c1Br)c1cc2c(s1)CCSC2. The maximum absolute atomic E-state index is 13.6. The van der Waals surface area contributed by atoms with Gasteiger partial charge >= 0.3 is 0 Å². The lowest BCUT2D eigenvalue weighted by atomic mass is 10.0. The predicted octanol–water partition coefficient (Wildman–Crippen LogP) is 4.19. The number of thiophene rings is 1. The molecule has 1 aromatic heterocycles. The Bertz CT molecular complexity index is 621. The molecule has 2 heterocycles. The normalized spacial score (nSPS) is 15.8. The van der Waals surface area contributed by atoms with Crippen LogP contribution in [-0.2, 0) is 18.6 Å². The van der Waals surface area contributed by atoms with Crippen LogP contribution in [0.15, 0.2) is 28.7 Å². The molecule has 0 saturated heterocycles. The highest BCUT2D eigenvalue weighted by Crippen LogP contribution is 2.36. The fourth-order valence-corrected chi connectivity index (χ4v) is 5.37. The van der Waals surface area contributed by atoms with Gasteiger partial charge in [-0.25, -0.2) is 4.39 Å². The van der Waals surface area contributed by atoms with E-state index in [1.54, 1.807) is 6.07 Å². The Morgan fingerprint density at radius 3 is 3.05 bits per heavy atom. The van der Waals surface area contributed by atoms with E-state index in [0.717, 1.165) is 17.7 Å². The topological polar surface area (TPSA) is 38.0 Å². The Hall–Kier alpha value is -0.400. The molecule has 3 rings (SSSR count). The van der Waals surface area contributed by atoms with Gasteiger partial charge in [0, 0.05) is 15.5 Å². The average molecular weight is 387 g/mol. The van der Waals surface area contributed by atoms with Gasteiger partial charge in [-0.1, -0.05) is 12.1 Å². The maximum Gasteiger partial charge on any atom is 0.137 e. The van der Waals surface area contributed by atoms with Crippen molar-refractivity contribution in [3.63, 3.8) is 0 Å². The molecular formula is C15H16BrFN2S2. The lowest BCUT2D eigenvalue weighted by Gasteiger charge is -2.15. The number of aryl methyl sites for hydroxylation is 1. The second-order valence-corrected chi connectivity index (χ2v) is 8.10. The first-order valence-corrected chi connectivity index (χ1v) is 9.53. The molecule has 1 aliphatic heterocycles. The monoisotopic (exact) mass is 386 g/mol. The fraction of sp³-hybridized carbons (Fsp3) is 0.333. The molecule has 0 spiro atoms. The number of nitrogens with two attached hydrogens (primary N) is 1. The first-order chi connectivity index (χ1) is 10.2. The van der Waals surface area contributed by atoms with Crippen molar-refractivity contribution in [2.24, 2.45) is 5.84 Å². The fourth-order valence-electron chi connectivity index (χ4n) is 2.51. The Morgan fingerprint density at radius 1 is 1.43 bits per heavy atom. The molecule has 0 fully saturated rings. The zero-order valence-corrected chi connectivity index (χ0v) is 14.6. The van der Waals surface area contributed by atoms with Crippen LogP contribution in [0.2, 0.25) is 0 Å². The van der Waals surface area contributed by atoms with Crippen molar-refractivity contribution in [2.75, 3.05) is 5.75 Å². The number of thioether (sulfide) groups is 1. The average Bonchev–Trinajstić information content (AvgIpc) is 2.92. The molecule has 0 saturated carbocycles. The van der Waals surface area contributed by atoms with E-state index in [1.807, 2.05) is 29.2 Å². The van der Waals surface area contributed by atoms with E-state index in [0.29, 0.717) is 10.9 Å². The van der Waals surface area contributed by atoms with E-state index in [4.69, 9.17) is 5.84 Å². The molecule has 112 valence electrons. The Balaban J connectivity index is 1.85. The summed E-state index contributed by atoms with van der Waals surface area (Å²) in [6.45, 7) is 0. The summed E-state index contributed by atoms with van der Waals surface area (Å²) in [5.41, 5.74) is 5.25. The van der Waals surface area contributed by atoms with E-state index in [-0.39, 0.29) is 11.9 Å². The maximum atomic E-state index is 13.6. The molecule has 0 amide bonds. The summed E-state index contributed by atoms with van der Waals surface area (Å²) in [4.78, 5) is 2.71. The number of nitrogens with one attached hydrogen (secondary N) is 1. The third-order valence-electron chi connectivity index (χ3n) is 3.65. The molecule has 0 aliphatic carbocycles. The van der Waals surface area contributed by atoms with Crippen molar-refractivity contribution in [1.29, 1.82) is 0 Å². The van der Waals surface area contributed by atoms with Crippen LogP contribution in [0.5, 0.6) is 0 Å². The summed E-state index contributed by atoms with van der Waals surface area (Å²) >= 11 is 7.13. The van der Waals surface area contributed by atoms with Crippen molar-refractivity contribution in [2.45, 2.75) is 24.6 Å². The van der Waals surface area contributed by atoms with Crippen molar-refractivity contribution in [1.82, 2.24) is 5.43 Å². The highest BCUT2D eigenvalue weighted by atomic mass is 79.9. The minimum absolute atomic E-state index is 0.0173. The Kier molecular flexibility index (Phi) is 5.01. The molecule has 0 radical (unpaired) electrons. The van der Waals surface area contributed by atoms with Crippen molar-refractivity contribution >= 4 is 39.0 Å². The molecule has 1 atom stereocenters. The first-order valence-electron chi connectivity index (χ1n) is 6.77. The second-order valence-electron chi connectivity index (χ2n) is 5.04. The van der Waals surface area contributed by atoms with Crippen LogP contribution in [0.3, 0.4) is 0 Å². The zero-order chi connectivity index (χ0) is 14.8. The van der Waals surface area contributed by atoms with Gasteiger partial charge in [0.1, 0.15) is 5.82 Å². The highest BCUT2D eigenvalue weighted by Gasteiger charge is 2.20. The molecule has 2 aromatic rings. The minimum atomic E-state index is -0.231. The largest absolute Gasteiger partial charge is 0.271 e. The summed E-state index contributed by atoms with van der Waals surface area (Å²) in [6, 6.07) is 7.40. The van der Waals surface area contributed by atoms with Gasteiger partial charge in [0.05, 0.1) is 10.5 Å². The van der Waals surface area contributed by atoms with Crippen molar-refractivity contribution < 1.29 is 4.39 Å². The molecule has 0 bridgehead atoms. The number of hydrogen-bond acceptors (Lipinski definition) is 4. The third-order valence-corrected chi connectivity index (χ3v) is 6.89. The van der Waals surface area contributed by atoms with Crippen LogP contribution in [0.1, 0.15) is 26.9 Å². The number of rotatable bonds is 4. The molecule has 6 heteroatoms. The summed E-state index contributed by atoms with van der Waals surface area (Å²) < 4.78 is 14.2. The summed E-state index contributed by atoms with van der Waals surface area (Å²) in [5, 5.41) is 0. The molecule has 21 heavy (non-hydrogen) atoms. The number of fused-ring (bicyclic) bond motifs is 1. The summed E-state index contributed by atoms with van der Waals surface area (Å²) in [7, 11) is 0. The van der Waals surface area contributed by atoms with Crippen molar-refractivity contribution in [3.8, 4) is 0 Å². The zero-order valence-electron chi connectivity index (χ0n) is 11.4. The van der Waals surface area contributed by atoms with E-state index < -0.39 is 0 Å². The first kappa shape index (κ1) is 15.5. The van der Waals surface area contributed by atoms with Gasteiger partial charge in [-0.2, -0.15) is 11.8 Å². The number of hydrogen-bond donors (Lipinski definition) is 2. The number of hydrazine groups is 1. The van der Waals surface area contributed by atoms with E-state index in [1.165, 1.54) is 27.1 Å².